The van der Waals surface area contributed by atoms with Crippen molar-refractivity contribution in [2.75, 3.05) is 7.11 Å². The Hall–Kier alpha value is -2.50. The predicted octanol–water partition coefficient (Wildman–Crippen LogP) is 2.92. The average Bonchev–Trinajstić information content (AvgIpc) is 2.46. The van der Waals surface area contributed by atoms with Crippen LogP contribution in [0.2, 0.25) is 0 Å². The van der Waals surface area contributed by atoms with Gasteiger partial charge in [0.15, 0.2) is 5.78 Å². The summed E-state index contributed by atoms with van der Waals surface area (Å²) in [7, 11) is 1.39. The van der Waals surface area contributed by atoms with Crippen LogP contribution in [0.1, 0.15) is 15.9 Å². The molecule has 1 heterocycles. The van der Waals surface area contributed by atoms with Crippen molar-refractivity contribution in [2.24, 2.45) is 0 Å². The van der Waals surface area contributed by atoms with Crippen molar-refractivity contribution in [1.29, 1.82) is 0 Å². The van der Waals surface area contributed by atoms with Gasteiger partial charge in [-0.15, -0.1) is 0 Å². The Labute approximate surface area is 114 Å². The van der Waals surface area contributed by atoms with E-state index in [2.05, 4.69) is 9.72 Å². The molecule has 0 spiro atoms. The van der Waals surface area contributed by atoms with Crippen LogP contribution in [0.25, 0.3) is 0 Å². The Balaban J connectivity index is 2.40. The van der Waals surface area contributed by atoms with Crippen LogP contribution in [0.5, 0.6) is 11.5 Å². The van der Waals surface area contributed by atoms with Crippen molar-refractivity contribution >= 4 is 5.78 Å². The third-order valence-corrected chi connectivity index (χ3v) is 2.56. The number of hydrogen-bond acceptors (Lipinski definition) is 4. The van der Waals surface area contributed by atoms with Crippen molar-refractivity contribution in [3.63, 3.8) is 0 Å². The number of carbonyl (C=O) groups is 1. The number of benzene rings is 1. The monoisotopic (exact) mass is 279 g/mol. The predicted molar refractivity (Wildman–Crippen MR) is 67.3 cm³/mol. The SMILES string of the molecule is COc1ccc(OC(F)F)cc1C(=O)c1cccnc1. The minimum absolute atomic E-state index is 0.104. The van der Waals surface area contributed by atoms with E-state index in [-0.39, 0.29) is 22.8 Å². The van der Waals surface area contributed by atoms with E-state index in [0.717, 1.165) is 0 Å². The van der Waals surface area contributed by atoms with E-state index >= 15 is 0 Å². The molecule has 2 rings (SSSR count). The summed E-state index contributed by atoms with van der Waals surface area (Å²) in [6.45, 7) is -2.95. The molecule has 20 heavy (non-hydrogen) atoms. The minimum Gasteiger partial charge on any atom is -0.496 e. The molecule has 0 aliphatic heterocycles. The zero-order valence-corrected chi connectivity index (χ0v) is 10.5. The van der Waals surface area contributed by atoms with E-state index in [1.54, 1.807) is 12.1 Å². The zero-order chi connectivity index (χ0) is 14.5. The second-order valence-electron chi connectivity index (χ2n) is 3.81. The highest BCUT2D eigenvalue weighted by Crippen LogP contribution is 2.27. The fourth-order valence-electron chi connectivity index (χ4n) is 1.69. The van der Waals surface area contributed by atoms with Crippen molar-refractivity contribution in [1.82, 2.24) is 4.98 Å². The molecule has 0 atom stereocenters. The highest BCUT2D eigenvalue weighted by Gasteiger charge is 2.17. The first-order chi connectivity index (χ1) is 9.61. The van der Waals surface area contributed by atoms with Crippen LogP contribution in [0.4, 0.5) is 8.78 Å². The number of pyridine rings is 1. The van der Waals surface area contributed by atoms with E-state index in [1.165, 1.54) is 37.7 Å². The van der Waals surface area contributed by atoms with Crippen molar-refractivity contribution < 1.29 is 23.0 Å². The molecule has 0 radical (unpaired) electrons. The van der Waals surface area contributed by atoms with Crippen LogP contribution in [-0.4, -0.2) is 24.5 Å². The van der Waals surface area contributed by atoms with Gasteiger partial charge in [0.2, 0.25) is 0 Å². The van der Waals surface area contributed by atoms with Gasteiger partial charge in [0.05, 0.1) is 12.7 Å². The van der Waals surface area contributed by atoms with Gasteiger partial charge in [-0.1, -0.05) is 0 Å². The second kappa shape index (κ2) is 6.10. The third-order valence-electron chi connectivity index (χ3n) is 2.56. The molecule has 2 aromatic rings. The van der Waals surface area contributed by atoms with Crippen molar-refractivity contribution in [3.8, 4) is 11.5 Å². The standard InChI is InChI=1S/C14H11F2NO3/c1-19-12-5-4-10(20-14(15)16)7-11(12)13(18)9-3-2-6-17-8-9/h2-8,14H,1H3. The van der Waals surface area contributed by atoms with Gasteiger partial charge in [0.25, 0.3) is 0 Å². The average molecular weight is 279 g/mol. The number of halogens is 2. The first-order valence-electron chi connectivity index (χ1n) is 5.69. The van der Waals surface area contributed by atoms with Gasteiger partial charge in [-0.25, -0.2) is 0 Å². The summed E-state index contributed by atoms with van der Waals surface area (Å²) in [6, 6.07) is 7.13. The summed E-state index contributed by atoms with van der Waals surface area (Å²) < 4.78 is 33.8. The maximum Gasteiger partial charge on any atom is 0.387 e. The largest absolute Gasteiger partial charge is 0.496 e. The molecule has 0 N–H and O–H groups in total. The Bertz CT molecular complexity index is 603. The number of methoxy groups -OCH3 is 1. The molecular weight excluding hydrogens is 268 g/mol. The summed E-state index contributed by atoms with van der Waals surface area (Å²) >= 11 is 0. The van der Waals surface area contributed by atoms with Crippen LogP contribution in [0, 0.1) is 0 Å². The zero-order valence-electron chi connectivity index (χ0n) is 10.5. The summed E-state index contributed by atoms with van der Waals surface area (Å²) in [5.41, 5.74) is 0.471. The molecule has 6 heteroatoms. The van der Waals surface area contributed by atoms with Gasteiger partial charge >= 0.3 is 6.61 Å². The minimum atomic E-state index is -2.95. The molecule has 1 aromatic heterocycles. The third kappa shape index (κ3) is 3.09. The molecule has 0 saturated carbocycles. The fourth-order valence-corrected chi connectivity index (χ4v) is 1.69. The molecule has 4 nitrogen and oxygen atoms in total. The molecule has 0 amide bonds. The first-order valence-corrected chi connectivity index (χ1v) is 5.69. The molecule has 1 aromatic carbocycles. The molecule has 104 valence electrons. The lowest BCUT2D eigenvalue weighted by Gasteiger charge is -2.10. The van der Waals surface area contributed by atoms with E-state index < -0.39 is 6.61 Å². The van der Waals surface area contributed by atoms with Crippen LogP contribution < -0.4 is 9.47 Å². The summed E-state index contributed by atoms with van der Waals surface area (Å²) in [5, 5.41) is 0. The normalized spacial score (nSPS) is 10.4. The smallest absolute Gasteiger partial charge is 0.387 e. The molecule has 0 aliphatic carbocycles. The van der Waals surface area contributed by atoms with Gasteiger partial charge in [-0.2, -0.15) is 8.78 Å². The van der Waals surface area contributed by atoms with Crippen LogP contribution >= 0.6 is 0 Å². The van der Waals surface area contributed by atoms with Crippen molar-refractivity contribution in [2.45, 2.75) is 6.61 Å². The van der Waals surface area contributed by atoms with Crippen LogP contribution in [-0.2, 0) is 0 Å². The van der Waals surface area contributed by atoms with E-state index in [0.29, 0.717) is 5.56 Å². The Kier molecular flexibility index (Phi) is 4.24. The van der Waals surface area contributed by atoms with E-state index in [9.17, 15) is 13.6 Å². The number of carbonyl (C=O) groups excluding carboxylic acids is 1. The van der Waals surface area contributed by atoms with Gasteiger partial charge in [0.1, 0.15) is 11.5 Å². The highest BCUT2D eigenvalue weighted by molar-refractivity contribution is 6.10. The number of hydrogen-bond donors (Lipinski definition) is 0. The number of nitrogens with zero attached hydrogens (tertiary/aromatic N) is 1. The molecule has 0 aliphatic rings. The lowest BCUT2D eigenvalue weighted by atomic mass is 10.0. The first kappa shape index (κ1) is 13.9. The molecule has 0 saturated heterocycles. The Morgan fingerprint density at radius 2 is 2.10 bits per heavy atom. The Morgan fingerprint density at radius 1 is 1.30 bits per heavy atom. The number of ketones is 1. The van der Waals surface area contributed by atoms with Gasteiger partial charge in [0, 0.05) is 18.0 Å². The second-order valence-corrected chi connectivity index (χ2v) is 3.81. The summed E-state index contributed by atoms with van der Waals surface area (Å²) in [6.07, 6.45) is 2.92. The van der Waals surface area contributed by atoms with Gasteiger partial charge in [-0.05, 0) is 30.3 Å². The van der Waals surface area contributed by atoms with Crippen LogP contribution in [0.3, 0.4) is 0 Å². The topological polar surface area (TPSA) is 48.4 Å². The number of alkyl halides is 2. The molecule has 0 fully saturated rings. The van der Waals surface area contributed by atoms with Gasteiger partial charge < -0.3 is 9.47 Å². The summed E-state index contributed by atoms with van der Waals surface area (Å²) in [4.78, 5) is 16.1. The summed E-state index contributed by atoms with van der Waals surface area (Å²) in [5.74, 6) is -0.205. The van der Waals surface area contributed by atoms with E-state index in [4.69, 9.17) is 4.74 Å². The lowest BCUT2D eigenvalue weighted by Crippen LogP contribution is -2.07. The number of ether oxygens (including phenoxy) is 2. The van der Waals surface area contributed by atoms with Crippen molar-refractivity contribution in [3.05, 3.63) is 53.9 Å². The fraction of sp³-hybridized carbons (Fsp3) is 0.143. The number of aromatic nitrogens is 1. The maximum atomic E-state index is 12.3. The van der Waals surface area contributed by atoms with E-state index in [1.807, 2.05) is 0 Å². The van der Waals surface area contributed by atoms with Crippen LogP contribution in [0.15, 0.2) is 42.7 Å². The highest BCUT2D eigenvalue weighted by atomic mass is 19.3. The molecule has 0 unspecified atom stereocenters. The number of rotatable bonds is 5. The lowest BCUT2D eigenvalue weighted by molar-refractivity contribution is -0.0499. The quantitative estimate of drug-likeness (QED) is 0.790. The molecular formula is C14H11F2NO3. The Morgan fingerprint density at radius 3 is 2.70 bits per heavy atom. The van der Waals surface area contributed by atoms with Gasteiger partial charge in [-0.3, -0.25) is 9.78 Å². The molecule has 0 bridgehead atoms. The maximum absolute atomic E-state index is 12.3.